The van der Waals surface area contributed by atoms with Crippen LogP contribution in [0.3, 0.4) is 0 Å². The van der Waals surface area contributed by atoms with E-state index in [4.69, 9.17) is 9.84 Å². The molecule has 7 nitrogen and oxygen atoms in total. The molecule has 1 saturated heterocycles. The summed E-state index contributed by atoms with van der Waals surface area (Å²) in [5.74, 6) is 0.746. The first kappa shape index (κ1) is 22.6. The topological polar surface area (TPSA) is 76.5 Å². The van der Waals surface area contributed by atoms with Crippen LogP contribution in [0, 0.1) is 0 Å². The molecule has 1 aromatic heterocycles. The molecule has 1 aliphatic rings. The molecule has 3 aromatic rings. The zero-order valence-corrected chi connectivity index (χ0v) is 19.0. The number of carbonyl (C=O) groups is 2. The van der Waals surface area contributed by atoms with E-state index in [1.54, 1.807) is 18.0 Å². The van der Waals surface area contributed by atoms with Gasteiger partial charge < -0.3 is 15.0 Å². The minimum Gasteiger partial charge on any atom is -0.497 e. The number of nitrogens with one attached hydrogen (secondary N) is 1. The van der Waals surface area contributed by atoms with Crippen LogP contribution in [-0.2, 0) is 4.79 Å². The first-order valence-electron chi connectivity index (χ1n) is 11.5. The molecule has 0 radical (unpaired) electrons. The Morgan fingerprint density at radius 1 is 1.09 bits per heavy atom. The van der Waals surface area contributed by atoms with E-state index >= 15 is 0 Å². The highest BCUT2D eigenvalue weighted by molar-refractivity contribution is 6.00. The molecule has 2 amide bonds. The number of methoxy groups -OCH3 is 1. The number of hydrogen-bond acceptors (Lipinski definition) is 4. The van der Waals surface area contributed by atoms with Crippen molar-refractivity contribution in [3.05, 3.63) is 66.4 Å². The van der Waals surface area contributed by atoms with Gasteiger partial charge in [-0.05, 0) is 43.5 Å². The molecule has 1 fully saturated rings. The lowest BCUT2D eigenvalue weighted by Gasteiger charge is -2.20. The first-order valence-corrected chi connectivity index (χ1v) is 11.5. The Labute approximate surface area is 194 Å². The number of likely N-dealkylation sites (tertiary alicyclic amines) is 1. The summed E-state index contributed by atoms with van der Waals surface area (Å²) in [5.41, 5.74) is 2.78. The zero-order chi connectivity index (χ0) is 23.0. The summed E-state index contributed by atoms with van der Waals surface area (Å²) in [7, 11) is 1.62. The average Bonchev–Trinajstić information content (AvgIpc) is 3.21. The van der Waals surface area contributed by atoms with Gasteiger partial charge in [-0.2, -0.15) is 5.10 Å². The molecular formula is C26H30N4O3. The quantitative estimate of drug-likeness (QED) is 0.529. The second-order valence-corrected chi connectivity index (χ2v) is 8.20. The summed E-state index contributed by atoms with van der Waals surface area (Å²) < 4.78 is 7.08. The van der Waals surface area contributed by atoms with Crippen molar-refractivity contribution in [3.63, 3.8) is 0 Å². The molecule has 2 heterocycles. The van der Waals surface area contributed by atoms with Gasteiger partial charge in [0.15, 0.2) is 0 Å². The molecule has 0 atom stereocenters. The van der Waals surface area contributed by atoms with Crippen molar-refractivity contribution in [1.29, 1.82) is 0 Å². The fourth-order valence-corrected chi connectivity index (χ4v) is 4.08. The van der Waals surface area contributed by atoms with Crippen molar-refractivity contribution in [2.24, 2.45) is 0 Å². The van der Waals surface area contributed by atoms with Crippen LogP contribution in [0.2, 0.25) is 0 Å². The van der Waals surface area contributed by atoms with Crippen LogP contribution in [0.25, 0.3) is 16.9 Å². The smallest absolute Gasteiger partial charge is 0.255 e. The van der Waals surface area contributed by atoms with Crippen LogP contribution < -0.4 is 10.1 Å². The monoisotopic (exact) mass is 446 g/mol. The summed E-state index contributed by atoms with van der Waals surface area (Å²) in [4.78, 5) is 27.2. The van der Waals surface area contributed by atoms with Crippen molar-refractivity contribution >= 4 is 11.8 Å². The minimum absolute atomic E-state index is 0.183. The SMILES string of the molecule is COc1cccc(-c2nn(-c3ccccc3)cc2C(=O)NCCCN2CCCCCC2=O)c1. The number of rotatable bonds is 8. The lowest BCUT2D eigenvalue weighted by molar-refractivity contribution is -0.130. The maximum absolute atomic E-state index is 13.1. The molecule has 1 aliphatic heterocycles. The van der Waals surface area contributed by atoms with Crippen LogP contribution in [0.4, 0.5) is 0 Å². The van der Waals surface area contributed by atoms with Gasteiger partial charge >= 0.3 is 0 Å². The third kappa shape index (κ3) is 5.61. The molecule has 0 bridgehead atoms. The Kier molecular flexibility index (Phi) is 7.40. The van der Waals surface area contributed by atoms with Crippen LogP contribution in [0.1, 0.15) is 42.5 Å². The van der Waals surface area contributed by atoms with Gasteiger partial charge in [0.2, 0.25) is 5.91 Å². The van der Waals surface area contributed by atoms with Gasteiger partial charge in [0.25, 0.3) is 5.91 Å². The maximum atomic E-state index is 13.1. The van der Waals surface area contributed by atoms with Gasteiger partial charge in [-0.3, -0.25) is 9.59 Å². The molecule has 4 rings (SSSR count). The standard InChI is InChI=1S/C26H30N4O3/c1-33-22-13-8-10-20(18-22)25-23(19-30(28-25)21-11-4-2-5-12-21)26(32)27-15-9-17-29-16-7-3-6-14-24(29)31/h2,4-5,8,10-13,18-19H,3,6-7,9,14-17H2,1H3,(H,27,32). The number of hydrogen-bond donors (Lipinski definition) is 1. The van der Waals surface area contributed by atoms with Crippen LogP contribution in [0.15, 0.2) is 60.8 Å². The molecule has 2 aromatic carbocycles. The molecular weight excluding hydrogens is 416 g/mol. The predicted octanol–water partition coefficient (Wildman–Crippen LogP) is 4.07. The van der Waals surface area contributed by atoms with E-state index in [1.165, 1.54) is 0 Å². The van der Waals surface area contributed by atoms with E-state index in [9.17, 15) is 9.59 Å². The van der Waals surface area contributed by atoms with Gasteiger partial charge in [-0.25, -0.2) is 4.68 Å². The van der Waals surface area contributed by atoms with Crippen LogP contribution >= 0.6 is 0 Å². The number of ether oxygens (including phenoxy) is 1. The highest BCUT2D eigenvalue weighted by atomic mass is 16.5. The van der Waals surface area contributed by atoms with E-state index < -0.39 is 0 Å². The Balaban J connectivity index is 1.49. The third-order valence-electron chi connectivity index (χ3n) is 5.88. The third-order valence-corrected chi connectivity index (χ3v) is 5.88. The lowest BCUT2D eigenvalue weighted by atomic mass is 10.1. The van der Waals surface area contributed by atoms with Gasteiger partial charge in [-0.15, -0.1) is 0 Å². The molecule has 7 heteroatoms. The number of benzene rings is 2. The lowest BCUT2D eigenvalue weighted by Crippen LogP contribution is -2.34. The molecule has 0 unspecified atom stereocenters. The normalized spacial score (nSPS) is 14.1. The van der Waals surface area contributed by atoms with E-state index in [-0.39, 0.29) is 11.8 Å². The first-order chi connectivity index (χ1) is 16.2. The summed E-state index contributed by atoms with van der Waals surface area (Å²) in [6.45, 7) is 1.98. The molecule has 33 heavy (non-hydrogen) atoms. The van der Waals surface area contributed by atoms with Crippen LogP contribution in [-0.4, -0.2) is 53.2 Å². The fraction of sp³-hybridized carbons (Fsp3) is 0.346. The van der Waals surface area contributed by atoms with Crippen molar-refractivity contribution in [2.75, 3.05) is 26.7 Å². The number of amides is 2. The van der Waals surface area contributed by atoms with Crippen molar-refractivity contribution in [2.45, 2.75) is 32.1 Å². The fourth-order valence-electron chi connectivity index (χ4n) is 4.08. The Morgan fingerprint density at radius 2 is 1.94 bits per heavy atom. The zero-order valence-electron chi connectivity index (χ0n) is 19.0. The second kappa shape index (κ2) is 10.8. The largest absolute Gasteiger partial charge is 0.497 e. The Hall–Kier alpha value is -3.61. The van der Waals surface area contributed by atoms with Crippen molar-refractivity contribution < 1.29 is 14.3 Å². The Bertz CT molecular complexity index is 1090. The van der Waals surface area contributed by atoms with E-state index in [1.807, 2.05) is 59.5 Å². The van der Waals surface area contributed by atoms with E-state index in [0.717, 1.165) is 43.5 Å². The minimum atomic E-state index is -0.183. The van der Waals surface area contributed by atoms with Crippen molar-refractivity contribution in [1.82, 2.24) is 20.0 Å². The number of carbonyl (C=O) groups excluding carboxylic acids is 2. The highest BCUT2D eigenvalue weighted by Gasteiger charge is 2.20. The maximum Gasteiger partial charge on any atom is 0.255 e. The van der Waals surface area contributed by atoms with E-state index in [2.05, 4.69) is 5.32 Å². The van der Waals surface area contributed by atoms with Gasteiger partial charge in [0.1, 0.15) is 11.4 Å². The average molecular weight is 447 g/mol. The van der Waals surface area contributed by atoms with Gasteiger partial charge in [0, 0.05) is 37.8 Å². The highest BCUT2D eigenvalue weighted by Crippen LogP contribution is 2.27. The molecule has 0 spiro atoms. The van der Waals surface area contributed by atoms with Crippen molar-refractivity contribution in [3.8, 4) is 22.7 Å². The number of aromatic nitrogens is 2. The molecule has 172 valence electrons. The van der Waals surface area contributed by atoms with Gasteiger partial charge in [-0.1, -0.05) is 36.8 Å². The Morgan fingerprint density at radius 3 is 2.76 bits per heavy atom. The summed E-state index contributed by atoms with van der Waals surface area (Å²) in [5, 5.41) is 7.73. The molecule has 0 aliphatic carbocycles. The van der Waals surface area contributed by atoms with E-state index in [0.29, 0.717) is 36.5 Å². The predicted molar refractivity (Wildman–Crippen MR) is 128 cm³/mol. The molecule has 0 saturated carbocycles. The summed E-state index contributed by atoms with van der Waals surface area (Å²) >= 11 is 0. The van der Waals surface area contributed by atoms with Crippen LogP contribution in [0.5, 0.6) is 5.75 Å². The number of para-hydroxylation sites is 1. The molecule has 1 N–H and O–H groups in total. The number of nitrogens with zero attached hydrogens (tertiary/aromatic N) is 3. The second-order valence-electron chi connectivity index (χ2n) is 8.20. The summed E-state index contributed by atoms with van der Waals surface area (Å²) in [6.07, 6.45) is 6.26. The van der Waals surface area contributed by atoms with Gasteiger partial charge in [0.05, 0.1) is 18.4 Å². The summed E-state index contributed by atoms with van der Waals surface area (Å²) in [6, 6.07) is 17.2.